The molecule has 0 amide bonds. The average molecular weight is 252 g/mol. The minimum absolute atomic E-state index is 0.170. The maximum Gasteiger partial charge on any atom is 0.235 e. The first kappa shape index (κ1) is 12.2. The molecule has 0 bridgehead atoms. The molecule has 3 nitrogen and oxygen atoms in total. The fraction of sp³-hybridized carbons (Fsp3) is 0.462. The Labute approximate surface area is 105 Å². The molecule has 1 fully saturated rings. The zero-order chi connectivity index (χ0) is 12.6. The lowest BCUT2D eigenvalue weighted by Crippen LogP contribution is -2.05. The highest BCUT2D eigenvalue weighted by molar-refractivity contribution is 6.30. The van der Waals surface area contributed by atoms with Crippen molar-refractivity contribution in [3.05, 3.63) is 28.3 Å². The van der Waals surface area contributed by atoms with Gasteiger partial charge in [0.2, 0.25) is 6.08 Å². The standard InChI is InChI=1S/C13H14ClNO2/c1-8(2)10-5-9(14)6-11(12(10)17)13(3-4-13)15-7-16/h5-6,8,17H,3-4H2,1-2H3. The van der Waals surface area contributed by atoms with E-state index in [2.05, 4.69) is 4.99 Å². The van der Waals surface area contributed by atoms with E-state index in [9.17, 15) is 9.90 Å². The van der Waals surface area contributed by atoms with Crippen molar-refractivity contribution < 1.29 is 9.90 Å². The molecule has 0 aromatic heterocycles. The van der Waals surface area contributed by atoms with E-state index in [1.165, 1.54) is 0 Å². The molecule has 1 aromatic rings. The maximum atomic E-state index is 10.4. The number of rotatable bonds is 3. The second-order valence-electron chi connectivity index (χ2n) is 4.78. The number of hydrogen-bond acceptors (Lipinski definition) is 3. The molecule has 90 valence electrons. The van der Waals surface area contributed by atoms with Gasteiger partial charge in [0.15, 0.2) is 0 Å². The van der Waals surface area contributed by atoms with E-state index < -0.39 is 5.54 Å². The van der Waals surface area contributed by atoms with Gasteiger partial charge in [-0.1, -0.05) is 25.4 Å². The van der Waals surface area contributed by atoms with Crippen LogP contribution in [0.5, 0.6) is 5.75 Å². The van der Waals surface area contributed by atoms with Crippen LogP contribution < -0.4 is 0 Å². The van der Waals surface area contributed by atoms with Crippen LogP contribution in [0.2, 0.25) is 5.02 Å². The molecule has 0 atom stereocenters. The molecule has 0 unspecified atom stereocenters. The number of benzene rings is 1. The molecule has 2 rings (SSSR count). The number of phenolic OH excluding ortho intramolecular Hbond substituents is 1. The fourth-order valence-electron chi connectivity index (χ4n) is 2.06. The first-order chi connectivity index (χ1) is 8.00. The third kappa shape index (κ3) is 2.08. The molecule has 0 heterocycles. The first-order valence-electron chi connectivity index (χ1n) is 5.62. The van der Waals surface area contributed by atoms with Crippen LogP contribution in [0.15, 0.2) is 17.1 Å². The van der Waals surface area contributed by atoms with Crippen molar-refractivity contribution in [1.82, 2.24) is 0 Å². The van der Waals surface area contributed by atoms with Gasteiger partial charge in [-0.05, 0) is 36.5 Å². The summed E-state index contributed by atoms with van der Waals surface area (Å²) in [4.78, 5) is 14.3. The Hall–Kier alpha value is -1.31. The van der Waals surface area contributed by atoms with Gasteiger partial charge in [-0.15, -0.1) is 0 Å². The van der Waals surface area contributed by atoms with Crippen molar-refractivity contribution in [3.8, 4) is 5.75 Å². The molecule has 0 spiro atoms. The van der Waals surface area contributed by atoms with Crippen LogP contribution in [0.3, 0.4) is 0 Å². The van der Waals surface area contributed by atoms with E-state index in [0.29, 0.717) is 10.6 Å². The quantitative estimate of drug-likeness (QED) is 0.660. The second-order valence-corrected chi connectivity index (χ2v) is 5.22. The van der Waals surface area contributed by atoms with Gasteiger partial charge >= 0.3 is 0 Å². The number of carbonyl (C=O) groups excluding carboxylic acids is 1. The minimum atomic E-state index is -0.583. The van der Waals surface area contributed by atoms with E-state index in [0.717, 1.165) is 18.4 Å². The Morgan fingerprint density at radius 2 is 2.12 bits per heavy atom. The van der Waals surface area contributed by atoms with E-state index in [1.54, 1.807) is 18.2 Å². The molecule has 1 aliphatic rings. The zero-order valence-electron chi connectivity index (χ0n) is 9.83. The molecule has 1 aliphatic carbocycles. The van der Waals surface area contributed by atoms with Crippen LogP contribution in [0, 0.1) is 0 Å². The topological polar surface area (TPSA) is 49.7 Å². The van der Waals surface area contributed by atoms with Crippen molar-refractivity contribution >= 4 is 17.7 Å². The molecule has 0 saturated heterocycles. The molecule has 17 heavy (non-hydrogen) atoms. The molecule has 0 radical (unpaired) electrons. The van der Waals surface area contributed by atoms with Gasteiger partial charge in [-0.25, -0.2) is 4.79 Å². The van der Waals surface area contributed by atoms with Crippen LogP contribution in [0.25, 0.3) is 0 Å². The normalized spacial score (nSPS) is 16.7. The Balaban J connectivity index is 2.59. The second kappa shape index (κ2) is 4.17. The van der Waals surface area contributed by atoms with E-state index in [1.807, 2.05) is 13.8 Å². The van der Waals surface area contributed by atoms with Gasteiger partial charge in [0.05, 0.1) is 0 Å². The molecular weight excluding hydrogens is 238 g/mol. The molecule has 1 saturated carbocycles. The lowest BCUT2D eigenvalue weighted by atomic mass is 9.95. The van der Waals surface area contributed by atoms with Crippen LogP contribution in [-0.4, -0.2) is 11.2 Å². The number of phenols is 1. The summed E-state index contributed by atoms with van der Waals surface area (Å²) in [5, 5.41) is 10.8. The number of nitrogens with zero attached hydrogens (tertiary/aromatic N) is 1. The molecule has 0 aliphatic heterocycles. The number of hydrogen-bond donors (Lipinski definition) is 1. The third-order valence-corrected chi connectivity index (χ3v) is 3.43. The SMILES string of the molecule is CC(C)c1cc(Cl)cc(C2(N=C=O)CC2)c1O. The van der Waals surface area contributed by atoms with Crippen LogP contribution in [0.4, 0.5) is 0 Å². The summed E-state index contributed by atoms with van der Waals surface area (Å²) in [6.07, 6.45) is 3.10. The number of halogens is 1. The van der Waals surface area contributed by atoms with Crippen LogP contribution in [0.1, 0.15) is 43.7 Å². The molecule has 1 aromatic carbocycles. The summed E-state index contributed by atoms with van der Waals surface area (Å²) in [5.74, 6) is 0.379. The van der Waals surface area contributed by atoms with Gasteiger partial charge in [0.1, 0.15) is 11.3 Å². The summed E-state index contributed by atoms with van der Waals surface area (Å²) in [5.41, 5.74) is 0.859. The maximum absolute atomic E-state index is 10.4. The lowest BCUT2D eigenvalue weighted by molar-refractivity contribution is 0.449. The van der Waals surface area contributed by atoms with Crippen LogP contribution >= 0.6 is 11.6 Å². The zero-order valence-corrected chi connectivity index (χ0v) is 10.6. The van der Waals surface area contributed by atoms with E-state index in [4.69, 9.17) is 11.6 Å². The highest BCUT2D eigenvalue weighted by Gasteiger charge is 2.47. The van der Waals surface area contributed by atoms with Gasteiger partial charge in [-0.3, -0.25) is 0 Å². The van der Waals surface area contributed by atoms with E-state index in [-0.39, 0.29) is 11.7 Å². The summed E-state index contributed by atoms with van der Waals surface area (Å²) in [6, 6.07) is 3.45. The summed E-state index contributed by atoms with van der Waals surface area (Å²) >= 11 is 6.05. The predicted octanol–water partition coefficient (Wildman–Crippen LogP) is 3.49. The molecular formula is C13H14ClNO2. The number of aromatic hydroxyl groups is 1. The van der Waals surface area contributed by atoms with Crippen molar-refractivity contribution in [1.29, 1.82) is 0 Å². The molecule has 4 heteroatoms. The Bertz CT molecular complexity index is 500. The monoisotopic (exact) mass is 251 g/mol. The largest absolute Gasteiger partial charge is 0.507 e. The Morgan fingerprint density at radius 1 is 1.47 bits per heavy atom. The number of aliphatic imine (C=N–C) groups is 1. The predicted molar refractivity (Wildman–Crippen MR) is 66.2 cm³/mol. The Morgan fingerprint density at radius 3 is 2.59 bits per heavy atom. The smallest absolute Gasteiger partial charge is 0.235 e. The van der Waals surface area contributed by atoms with Crippen molar-refractivity contribution in [2.45, 2.75) is 38.1 Å². The van der Waals surface area contributed by atoms with Crippen LogP contribution in [-0.2, 0) is 10.3 Å². The van der Waals surface area contributed by atoms with Gasteiger partial charge in [-0.2, -0.15) is 4.99 Å². The summed E-state index contributed by atoms with van der Waals surface area (Å²) in [7, 11) is 0. The van der Waals surface area contributed by atoms with E-state index >= 15 is 0 Å². The third-order valence-electron chi connectivity index (χ3n) is 3.21. The summed E-state index contributed by atoms with van der Waals surface area (Å²) < 4.78 is 0. The minimum Gasteiger partial charge on any atom is -0.507 e. The van der Waals surface area contributed by atoms with Gasteiger partial charge in [0.25, 0.3) is 0 Å². The highest BCUT2D eigenvalue weighted by Crippen LogP contribution is 2.53. The van der Waals surface area contributed by atoms with Gasteiger partial charge in [0, 0.05) is 10.6 Å². The average Bonchev–Trinajstić information content (AvgIpc) is 3.02. The first-order valence-corrected chi connectivity index (χ1v) is 6.00. The highest BCUT2D eigenvalue weighted by atomic mass is 35.5. The Kier molecular flexibility index (Phi) is 2.98. The summed E-state index contributed by atoms with van der Waals surface area (Å²) in [6.45, 7) is 3.97. The molecule has 1 N–H and O–H groups in total. The van der Waals surface area contributed by atoms with Gasteiger partial charge < -0.3 is 5.11 Å². The lowest BCUT2D eigenvalue weighted by Gasteiger charge is -2.16. The van der Waals surface area contributed by atoms with Crippen molar-refractivity contribution in [3.63, 3.8) is 0 Å². The van der Waals surface area contributed by atoms with Crippen molar-refractivity contribution in [2.75, 3.05) is 0 Å². The fourth-order valence-corrected chi connectivity index (χ4v) is 2.29. The van der Waals surface area contributed by atoms with Crippen molar-refractivity contribution in [2.24, 2.45) is 4.99 Å². The number of isocyanates is 1.